The molecular formula is C22H27ClN2O5S. The standard InChI is InChI=1S/C22H27ClN2O5S/c23-18-7-5-17(6-8-18)11-13-24-22(26)4-2-1-3-12-25-31(27,28)19-9-10-20-21(16-19)30-15-14-29-20/h5-10,16,25H,1-4,11-15H2,(H,24,26). The molecule has 0 aromatic heterocycles. The molecule has 9 heteroatoms. The highest BCUT2D eigenvalue weighted by atomic mass is 35.5. The first-order chi connectivity index (χ1) is 14.9. The van der Waals surface area contributed by atoms with Gasteiger partial charge in [-0.2, -0.15) is 0 Å². The monoisotopic (exact) mass is 466 g/mol. The van der Waals surface area contributed by atoms with E-state index in [1.807, 2.05) is 24.3 Å². The van der Waals surface area contributed by atoms with Crippen LogP contribution >= 0.6 is 11.6 Å². The number of nitrogens with one attached hydrogen (secondary N) is 2. The first kappa shape index (κ1) is 23.4. The maximum absolute atomic E-state index is 12.4. The molecule has 0 bridgehead atoms. The second-order valence-corrected chi connectivity index (χ2v) is 9.44. The lowest BCUT2D eigenvalue weighted by molar-refractivity contribution is -0.121. The predicted molar refractivity (Wildman–Crippen MR) is 119 cm³/mol. The van der Waals surface area contributed by atoms with Crippen LogP contribution in [0.25, 0.3) is 0 Å². The van der Waals surface area contributed by atoms with E-state index in [2.05, 4.69) is 10.0 Å². The minimum Gasteiger partial charge on any atom is -0.486 e. The number of carbonyl (C=O) groups is 1. The summed E-state index contributed by atoms with van der Waals surface area (Å²) < 4.78 is 38.3. The van der Waals surface area contributed by atoms with Crippen molar-refractivity contribution in [1.29, 1.82) is 0 Å². The summed E-state index contributed by atoms with van der Waals surface area (Å²) in [5.41, 5.74) is 1.12. The van der Waals surface area contributed by atoms with Crippen LogP contribution < -0.4 is 19.5 Å². The SMILES string of the molecule is O=C(CCCCCNS(=O)(=O)c1ccc2c(c1)OCCO2)NCCc1ccc(Cl)cc1. The molecule has 168 valence electrons. The molecule has 0 aliphatic carbocycles. The Morgan fingerprint density at radius 2 is 1.68 bits per heavy atom. The molecule has 0 atom stereocenters. The van der Waals surface area contributed by atoms with E-state index >= 15 is 0 Å². The number of amides is 1. The number of halogens is 1. The van der Waals surface area contributed by atoms with Crippen LogP contribution in [0.5, 0.6) is 11.5 Å². The first-order valence-corrected chi connectivity index (χ1v) is 12.2. The number of hydrogen-bond acceptors (Lipinski definition) is 5. The van der Waals surface area contributed by atoms with Crippen molar-refractivity contribution in [2.45, 2.75) is 37.0 Å². The van der Waals surface area contributed by atoms with Gasteiger partial charge in [0, 0.05) is 30.6 Å². The second-order valence-electron chi connectivity index (χ2n) is 7.24. The Morgan fingerprint density at radius 1 is 0.935 bits per heavy atom. The van der Waals surface area contributed by atoms with Gasteiger partial charge in [-0.1, -0.05) is 30.2 Å². The van der Waals surface area contributed by atoms with Gasteiger partial charge in [-0.15, -0.1) is 0 Å². The maximum atomic E-state index is 12.4. The van der Waals surface area contributed by atoms with Gasteiger partial charge < -0.3 is 14.8 Å². The lowest BCUT2D eigenvalue weighted by atomic mass is 10.1. The van der Waals surface area contributed by atoms with Crippen molar-refractivity contribution in [3.05, 3.63) is 53.1 Å². The fourth-order valence-electron chi connectivity index (χ4n) is 3.15. The average molecular weight is 467 g/mol. The molecule has 31 heavy (non-hydrogen) atoms. The molecule has 2 N–H and O–H groups in total. The van der Waals surface area contributed by atoms with E-state index in [4.69, 9.17) is 21.1 Å². The van der Waals surface area contributed by atoms with E-state index in [9.17, 15) is 13.2 Å². The molecule has 2 aromatic rings. The Bertz CT molecular complexity index is 980. The van der Waals surface area contributed by atoms with Crippen LogP contribution in [0.1, 0.15) is 31.2 Å². The van der Waals surface area contributed by atoms with Crippen LogP contribution in [0.15, 0.2) is 47.4 Å². The Balaban J connectivity index is 1.29. The molecule has 0 fully saturated rings. The fourth-order valence-corrected chi connectivity index (χ4v) is 4.37. The van der Waals surface area contributed by atoms with E-state index in [-0.39, 0.29) is 10.8 Å². The molecule has 0 saturated carbocycles. The highest BCUT2D eigenvalue weighted by molar-refractivity contribution is 7.89. The number of fused-ring (bicyclic) bond motifs is 1. The van der Waals surface area contributed by atoms with E-state index in [0.29, 0.717) is 62.1 Å². The molecule has 1 amide bonds. The van der Waals surface area contributed by atoms with Crippen molar-refractivity contribution >= 4 is 27.5 Å². The third-order valence-corrected chi connectivity index (χ3v) is 6.56. The minimum atomic E-state index is -3.61. The van der Waals surface area contributed by atoms with E-state index in [0.717, 1.165) is 18.4 Å². The molecule has 0 unspecified atom stereocenters. The Labute approximate surface area is 188 Å². The van der Waals surface area contributed by atoms with Gasteiger partial charge in [-0.05, 0) is 49.1 Å². The summed E-state index contributed by atoms with van der Waals surface area (Å²) in [5, 5.41) is 3.60. The molecule has 0 saturated heterocycles. The van der Waals surface area contributed by atoms with Gasteiger partial charge >= 0.3 is 0 Å². The van der Waals surface area contributed by atoms with Crippen LogP contribution in [-0.4, -0.2) is 40.6 Å². The molecule has 1 aliphatic rings. The average Bonchev–Trinajstić information content (AvgIpc) is 2.77. The normalized spacial score (nSPS) is 13.1. The first-order valence-electron chi connectivity index (χ1n) is 10.3. The van der Waals surface area contributed by atoms with Crippen LogP contribution in [0.3, 0.4) is 0 Å². The third kappa shape index (κ3) is 7.41. The number of carbonyl (C=O) groups excluding carboxylic acids is 1. The van der Waals surface area contributed by atoms with Crippen LogP contribution in [-0.2, 0) is 21.2 Å². The van der Waals surface area contributed by atoms with Crippen molar-refractivity contribution < 1.29 is 22.7 Å². The van der Waals surface area contributed by atoms with Crippen LogP contribution in [0.2, 0.25) is 5.02 Å². The zero-order valence-corrected chi connectivity index (χ0v) is 18.8. The predicted octanol–water partition coefficient (Wildman–Crippen LogP) is 3.31. The molecule has 1 aliphatic heterocycles. The topological polar surface area (TPSA) is 93.7 Å². The van der Waals surface area contributed by atoms with Crippen molar-refractivity contribution in [1.82, 2.24) is 10.0 Å². The quantitative estimate of drug-likeness (QED) is 0.495. The summed E-state index contributed by atoms with van der Waals surface area (Å²) in [6.45, 7) is 1.75. The summed E-state index contributed by atoms with van der Waals surface area (Å²) in [6.07, 6.45) is 3.30. The number of benzene rings is 2. The number of rotatable bonds is 11. The molecule has 0 spiro atoms. The number of sulfonamides is 1. The van der Waals surface area contributed by atoms with Gasteiger partial charge in [-0.3, -0.25) is 4.79 Å². The summed E-state index contributed by atoms with van der Waals surface area (Å²) in [5.74, 6) is 0.999. The number of unbranched alkanes of at least 4 members (excludes halogenated alkanes) is 2. The van der Waals surface area contributed by atoms with Gasteiger partial charge in [0.25, 0.3) is 0 Å². The fraction of sp³-hybridized carbons (Fsp3) is 0.409. The second kappa shape index (κ2) is 11.4. The minimum absolute atomic E-state index is 0.00539. The summed E-state index contributed by atoms with van der Waals surface area (Å²) in [6, 6.07) is 12.1. The molecular weight excluding hydrogens is 440 g/mol. The van der Waals surface area contributed by atoms with Gasteiger partial charge in [0.2, 0.25) is 15.9 Å². The molecule has 1 heterocycles. The van der Waals surface area contributed by atoms with E-state index in [1.165, 1.54) is 12.1 Å². The van der Waals surface area contributed by atoms with Crippen molar-refractivity contribution in [2.24, 2.45) is 0 Å². The maximum Gasteiger partial charge on any atom is 0.240 e. The Hall–Kier alpha value is -2.29. The Kier molecular flexibility index (Phi) is 8.57. The van der Waals surface area contributed by atoms with Crippen molar-refractivity contribution in [3.63, 3.8) is 0 Å². The number of hydrogen-bond donors (Lipinski definition) is 2. The summed E-state index contributed by atoms with van der Waals surface area (Å²) in [7, 11) is -3.61. The van der Waals surface area contributed by atoms with Crippen molar-refractivity contribution in [3.8, 4) is 11.5 Å². The zero-order chi connectivity index (χ0) is 22.1. The molecule has 3 rings (SSSR count). The zero-order valence-electron chi connectivity index (χ0n) is 17.2. The van der Waals surface area contributed by atoms with E-state index in [1.54, 1.807) is 6.07 Å². The highest BCUT2D eigenvalue weighted by Gasteiger charge is 2.18. The van der Waals surface area contributed by atoms with Gasteiger partial charge in [0.05, 0.1) is 4.90 Å². The molecule has 2 aromatic carbocycles. The summed E-state index contributed by atoms with van der Waals surface area (Å²) >= 11 is 5.85. The highest BCUT2D eigenvalue weighted by Crippen LogP contribution is 2.32. The van der Waals surface area contributed by atoms with Gasteiger partial charge in [-0.25, -0.2) is 13.1 Å². The Morgan fingerprint density at radius 3 is 2.45 bits per heavy atom. The van der Waals surface area contributed by atoms with Crippen molar-refractivity contribution in [2.75, 3.05) is 26.3 Å². The van der Waals surface area contributed by atoms with Crippen LogP contribution in [0.4, 0.5) is 0 Å². The van der Waals surface area contributed by atoms with E-state index < -0.39 is 10.0 Å². The smallest absolute Gasteiger partial charge is 0.240 e. The summed E-state index contributed by atoms with van der Waals surface area (Å²) in [4.78, 5) is 12.1. The molecule has 0 radical (unpaired) electrons. The van der Waals surface area contributed by atoms with Gasteiger partial charge in [0.1, 0.15) is 13.2 Å². The lowest BCUT2D eigenvalue weighted by Crippen LogP contribution is -2.26. The molecule has 7 nitrogen and oxygen atoms in total. The third-order valence-electron chi connectivity index (χ3n) is 4.85. The largest absolute Gasteiger partial charge is 0.486 e. The lowest BCUT2D eigenvalue weighted by Gasteiger charge is -2.18. The number of ether oxygens (including phenoxy) is 2. The van der Waals surface area contributed by atoms with Gasteiger partial charge in [0.15, 0.2) is 11.5 Å². The van der Waals surface area contributed by atoms with Crippen LogP contribution in [0, 0.1) is 0 Å².